The van der Waals surface area contributed by atoms with Gasteiger partial charge >= 0.3 is 0 Å². The lowest BCUT2D eigenvalue weighted by Gasteiger charge is -2.13. The van der Waals surface area contributed by atoms with Gasteiger partial charge in [-0.15, -0.1) is 0 Å². The van der Waals surface area contributed by atoms with Crippen molar-refractivity contribution in [3.05, 3.63) is 36.4 Å². The van der Waals surface area contributed by atoms with Crippen LogP contribution in [0.3, 0.4) is 0 Å². The van der Waals surface area contributed by atoms with Crippen molar-refractivity contribution in [2.24, 2.45) is 0 Å². The number of nitrogens with two attached hydrogens (primary N) is 1. The van der Waals surface area contributed by atoms with Crippen LogP contribution in [0.2, 0.25) is 0 Å². The quantitative estimate of drug-likeness (QED) is 0.849. The highest BCUT2D eigenvalue weighted by atomic mass is 16.5. The summed E-state index contributed by atoms with van der Waals surface area (Å²) in [4.78, 5) is 4.05. The lowest BCUT2D eigenvalue weighted by Crippen LogP contribution is -2.08. The molecule has 0 saturated carbocycles. The SMILES string of the molecule is COC(C)c1c(N)cnn1-c1cccnc1. The molecule has 2 aromatic rings. The van der Waals surface area contributed by atoms with Crippen molar-refractivity contribution in [3.63, 3.8) is 0 Å². The number of aromatic nitrogens is 3. The lowest BCUT2D eigenvalue weighted by atomic mass is 10.2. The fourth-order valence-electron chi connectivity index (χ4n) is 1.57. The number of ether oxygens (including phenoxy) is 1. The summed E-state index contributed by atoms with van der Waals surface area (Å²) in [7, 11) is 1.64. The molecule has 2 N–H and O–H groups in total. The molecule has 0 saturated heterocycles. The summed E-state index contributed by atoms with van der Waals surface area (Å²) in [6, 6.07) is 3.78. The summed E-state index contributed by atoms with van der Waals surface area (Å²) in [6.07, 6.45) is 4.97. The fourth-order valence-corrected chi connectivity index (χ4v) is 1.57. The minimum Gasteiger partial charge on any atom is -0.396 e. The maximum absolute atomic E-state index is 5.87. The van der Waals surface area contributed by atoms with Crippen LogP contribution in [0.5, 0.6) is 0 Å². The Bertz CT molecular complexity index is 466. The van der Waals surface area contributed by atoms with Gasteiger partial charge in [0.25, 0.3) is 0 Å². The molecule has 0 aliphatic rings. The number of nitrogens with zero attached hydrogens (tertiary/aromatic N) is 3. The third kappa shape index (κ3) is 1.77. The smallest absolute Gasteiger partial charge is 0.0985 e. The summed E-state index contributed by atoms with van der Waals surface area (Å²) in [6.45, 7) is 1.93. The lowest BCUT2D eigenvalue weighted by molar-refractivity contribution is 0.114. The number of hydrogen-bond acceptors (Lipinski definition) is 4. The van der Waals surface area contributed by atoms with Crippen molar-refractivity contribution in [1.29, 1.82) is 0 Å². The van der Waals surface area contributed by atoms with Crippen molar-refractivity contribution < 1.29 is 4.74 Å². The molecule has 0 aliphatic heterocycles. The molecule has 0 amide bonds. The first-order chi connectivity index (χ1) is 7.74. The van der Waals surface area contributed by atoms with Crippen LogP contribution in [-0.4, -0.2) is 21.9 Å². The molecule has 2 rings (SSSR count). The molecule has 2 heterocycles. The Morgan fingerprint density at radius 3 is 2.88 bits per heavy atom. The van der Waals surface area contributed by atoms with Crippen LogP contribution < -0.4 is 5.73 Å². The number of nitrogen functional groups attached to an aromatic ring is 1. The van der Waals surface area contributed by atoms with Crippen LogP contribution in [0.4, 0.5) is 5.69 Å². The maximum atomic E-state index is 5.87. The molecule has 0 aliphatic carbocycles. The van der Waals surface area contributed by atoms with Gasteiger partial charge in [-0.3, -0.25) is 4.98 Å². The second-order valence-electron chi connectivity index (χ2n) is 3.49. The van der Waals surface area contributed by atoms with Crippen molar-refractivity contribution in [2.45, 2.75) is 13.0 Å². The zero-order valence-electron chi connectivity index (χ0n) is 9.29. The maximum Gasteiger partial charge on any atom is 0.0985 e. The Hall–Kier alpha value is -1.88. The molecule has 1 atom stereocenters. The van der Waals surface area contributed by atoms with Gasteiger partial charge in [-0.2, -0.15) is 5.10 Å². The van der Waals surface area contributed by atoms with Gasteiger partial charge in [0, 0.05) is 13.3 Å². The zero-order chi connectivity index (χ0) is 11.5. The second kappa shape index (κ2) is 4.32. The van der Waals surface area contributed by atoms with E-state index in [1.807, 2.05) is 19.1 Å². The largest absolute Gasteiger partial charge is 0.396 e. The van der Waals surface area contributed by atoms with E-state index >= 15 is 0 Å². The Kier molecular flexibility index (Phi) is 2.87. The molecular weight excluding hydrogens is 204 g/mol. The van der Waals surface area contributed by atoms with Crippen molar-refractivity contribution in [1.82, 2.24) is 14.8 Å². The van der Waals surface area contributed by atoms with Crippen molar-refractivity contribution in [2.75, 3.05) is 12.8 Å². The van der Waals surface area contributed by atoms with Crippen LogP contribution in [-0.2, 0) is 4.74 Å². The first-order valence-electron chi connectivity index (χ1n) is 5.00. The van der Waals surface area contributed by atoms with Crippen LogP contribution in [0.1, 0.15) is 18.7 Å². The molecule has 2 aromatic heterocycles. The molecule has 0 aromatic carbocycles. The predicted molar refractivity (Wildman–Crippen MR) is 61.2 cm³/mol. The third-order valence-electron chi connectivity index (χ3n) is 2.47. The molecule has 0 radical (unpaired) electrons. The van der Waals surface area contributed by atoms with E-state index in [-0.39, 0.29) is 6.10 Å². The van der Waals surface area contributed by atoms with Gasteiger partial charge in [0.05, 0.1) is 35.6 Å². The highest BCUT2D eigenvalue weighted by molar-refractivity contribution is 5.46. The summed E-state index contributed by atoms with van der Waals surface area (Å²) in [5.74, 6) is 0. The molecule has 1 unspecified atom stereocenters. The normalized spacial score (nSPS) is 12.6. The molecule has 0 bridgehead atoms. The Labute approximate surface area is 93.9 Å². The molecule has 16 heavy (non-hydrogen) atoms. The van der Waals surface area contributed by atoms with E-state index in [4.69, 9.17) is 10.5 Å². The van der Waals surface area contributed by atoms with Crippen molar-refractivity contribution in [3.8, 4) is 5.69 Å². The van der Waals surface area contributed by atoms with Gasteiger partial charge in [-0.05, 0) is 19.1 Å². The molecule has 0 fully saturated rings. The van der Waals surface area contributed by atoms with E-state index in [0.29, 0.717) is 5.69 Å². The predicted octanol–water partition coefficient (Wildman–Crippen LogP) is 1.56. The summed E-state index contributed by atoms with van der Waals surface area (Å²) < 4.78 is 7.02. The highest BCUT2D eigenvalue weighted by Crippen LogP contribution is 2.24. The van der Waals surface area contributed by atoms with Gasteiger partial charge in [-0.25, -0.2) is 4.68 Å². The minimum atomic E-state index is -0.109. The summed E-state index contributed by atoms with van der Waals surface area (Å²) in [5, 5.41) is 4.23. The first-order valence-corrected chi connectivity index (χ1v) is 5.00. The number of rotatable bonds is 3. The van der Waals surface area contributed by atoms with E-state index in [9.17, 15) is 0 Å². The van der Waals surface area contributed by atoms with Gasteiger partial charge in [0.1, 0.15) is 0 Å². The second-order valence-corrected chi connectivity index (χ2v) is 3.49. The van der Waals surface area contributed by atoms with Crippen molar-refractivity contribution >= 4 is 5.69 Å². The fraction of sp³-hybridized carbons (Fsp3) is 0.273. The Morgan fingerprint density at radius 1 is 1.44 bits per heavy atom. The number of anilines is 1. The van der Waals surface area contributed by atoms with Gasteiger partial charge in [0.2, 0.25) is 0 Å². The minimum absolute atomic E-state index is 0.109. The number of methoxy groups -OCH3 is 1. The summed E-state index contributed by atoms with van der Waals surface area (Å²) in [5.41, 5.74) is 8.21. The van der Waals surface area contributed by atoms with E-state index in [0.717, 1.165) is 11.4 Å². The number of pyridine rings is 1. The average Bonchev–Trinajstić information content (AvgIpc) is 2.71. The highest BCUT2D eigenvalue weighted by Gasteiger charge is 2.16. The van der Waals surface area contributed by atoms with Crippen LogP contribution >= 0.6 is 0 Å². The molecule has 5 nitrogen and oxygen atoms in total. The first kappa shape index (κ1) is 10.6. The van der Waals surface area contributed by atoms with Gasteiger partial charge in [0.15, 0.2) is 0 Å². The Morgan fingerprint density at radius 2 is 2.25 bits per heavy atom. The number of hydrogen-bond donors (Lipinski definition) is 1. The Balaban J connectivity index is 2.50. The topological polar surface area (TPSA) is 66.0 Å². The van der Waals surface area contributed by atoms with E-state index in [2.05, 4.69) is 10.1 Å². The third-order valence-corrected chi connectivity index (χ3v) is 2.47. The van der Waals surface area contributed by atoms with Crippen LogP contribution in [0.15, 0.2) is 30.7 Å². The average molecular weight is 218 g/mol. The molecule has 84 valence electrons. The van der Waals surface area contributed by atoms with Gasteiger partial charge in [-0.1, -0.05) is 0 Å². The van der Waals surface area contributed by atoms with Crippen LogP contribution in [0.25, 0.3) is 5.69 Å². The van der Waals surface area contributed by atoms with E-state index in [1.54, 1.807) is 30.4 Å². The molecule has 0 spiro atoms. The summed E-state index contributed by atoms with van der Waals surface area (Å²) >= 11 is 0. The monoisotopic (exact) mass is 218 g/mol. The standard InChI is InChI=1S/C11H14N4O/c1-8(16-2)11-10(12)7-14-15(11)9-4-3-5-13-6-9/h3-8H,12H2,1-2H3. The van der Waals surface area contributed by atoms with Gasteiger partial charge < -0.3 is 10.5 Å². The molecular formula is C11H14N4O. The van der Waals surface area contributed by atoms with E-state index < -0.39 is 0 Å². The van der Waals surface area contributed by atoms with Crippen LogP contribution in [0, 0.1) is 0 Å². The molecule has 5 heteroatoms. The van der Waals surface area contributed by atoms with E-state index in [1.165, 1.54) is 0 Å². The zero-order valence-corrected chi connectivity index (χ0v) is 9.29.